The molecule has 1 aromatic rings. The first-order valence-electron chi connectivity index (χ1n) is 9.10. The number of carbonyl (C=O) groups excluding carboxylic acids is 3. The summed E-state index contributed by atoms with van der Waals surface area (Å²) in [6.45, 7) is -2.01. The smallest absolute Gasteiger partial charge is 0.455 e. The second-order valence-corrected chi connectivity index (χ2v) is 7.06. The first kappa shape index (κ1) is 26.1. The van der Waals surface area contributed by atoms with Crippen LogP contribution in [0.1, 0.15) is 12.5 Å². The molecule has 1 aliphatic rings. The maximum Gasteiger partial charge on any atom is 0.455 e. The molecule has 1 aliphatic heterocycles. The molecule has 0 saturated heterocycles. The molecule has 2 rings (SSSR count). The number of fused-ring (bicyclic) bond motifs is 1. The SMILES string of the molecule is CC(C(=O)NCC(F)(F)C(F)(F)F)C(=O)N[C@H]1COc2c(cccc2C(F)(F)F)N(C)C1=O. The van der Waals surface area contributed by atoms with E-state index in [1.807, 2.05) is 5.32 Å². The molecule has 15 heteroatoms. The van der Waals surface area contributed by atoms with Crippen LogP contribution in [0.5, 0.6) is 5.75 Å². The van der Waals surface area contributed by atoms with Crippen LogP contribution in [-0.4, -0.2) is 56.1 Å². The third kappa shape index (κ3) is 5.63. The molecule has 3 amide bonds. The standard InChI is InChI=1S/C18H17F8N3O4/c1-8(13(30)27-7-16(19,20)18(24,25)26)14(31)28-10-6-33-12-9(17(21,22)23)4-3-5-11(12)29(2)15(10)32/h3-5,8,10H,6-7H2,1-2H3,(H,27,30)(H,28,31)/t8?,10-/m0/s1. The lowest BCUT2D eigenvalue weighted by molar-refractivity contribution is -0.278. The number of alkyl halides is 8. The van der Waals surface area contributed by atoms with Crippen molar-refractivity contribution in [3.63, 3.8) is 0 Å². The summed E-state index contributed by atoms with van der Waals surface area (Å²) in [5.74, 6) is -11.4. The Hall–Kier alpha value is -3.13. The Bertz CT molecular complexity index is 932. The first-order chi connectivity index (χ1) is 15.0. The Balaban J connectivity index is 2.11. The number of halogens is 8. The lowest BCUT2D eigenvalue weighted by Gasteiger charge is -2.23. The van der Waals surface area contributed by atoms with E-state index in [-0.39, 0.29) is 5.69 Å². The van der Waals surface area contributed by atoms with E-state index in [4.69, 9.17) is 4.74 Å². The Labute approximate surface area is 181 Å². The molecular weight excluding hydrogens is 474 g/mol. The van der Waals surface area contributed by atoms with Crippen LogP contribution in [0.3, 0.4) is 0 Å². The maximum atomic E-state index is 13.2. The minimum absolute atomic E-state index is 0.244. The van der Waals surface area contributed by atoms with Gasteiger partial charge in [-0.15, -0.1) is 0 Å². The number of hydrogen-bond acceptors (Lipinski definition) is 4. The van der Waals surface area contributed by atoms with E-state index in [2.05, 4.69) is 0 Å². The van der Waals surface area contributed by atoms with Crippen LogP contribution in [0.25, 0.3) is 0 Å². The van der Waals surface area contributed by atoms with E-state index < -0.39 is 72.4 Å². The lowest BCUT2D eigenvalue weighted by Crippen LogP contribution is -2.53. The van der Waals surface area contributed by atoms with Crippen molar-refractivity contribution in [2.75, 3.05) is 25.1 Å². The molecule has 33 heavy (non-hydrogen) atoms. The number of ether oxygens (including phenoxy) is 1. The number of amides is 3. The summed E-state index contributed by atoms with van der Waals surface area (Å²) >= 11 is 0. The summed E-state index contributed by atoms with van der Waals surface area (Å²) in [7, 11) is 1.12. The molecule has 0 saturated carbocycles. The van der Waals surface area contributed by atoms with Gasteiger partial charge in [0.15, 0.2) is 5.75 Å². The molecule has 0 radical (unpaired) electrons. The van der Waals surface area contributed by atoms with Crippen molar-refractivity contribution in [1.82, 2.24) is 10.6 Å². The quantitative estimate of drug-likeness (QED) is 0.490. The van der Waals surface area contributed by atoms with E-state index in [9.17, 15) is 49.5 Å². The van der Waals surface area contributed by atoms with Gasteiger partial charge in [0.1, 0.15) is 18.6 Å². The van der Waals surface area contributed by atoms with Gasteiger partial charge in [-0.1, -0.05) is 6.07 Å². The van der Waals surface area contributed by atoms with Crippen molar-refractivity contribution in [3.05, 3.63) is 23.8 Å². The largest absolute Gasteiger partial charge is 0.488 e. The van der Waals surface area contributed by atoms with Crippen molar-refractivity contribution >= 4 is 23.4 Å². The predicted octanol–water partition coefficient (Wildman–Crippen LogP) is 2.50. The molecule has 1 aromatic carbocycles. The van der Waals surface area contributed by atoms with Gasteiger partial charge in [0, 0.05) is 7.05 Å². The van der Waals surface area contributed by atoms with Crippen molar-refractivity contribution in [2.24, 2.45) is 5.92 Å². The van der Waals surface area contributed by atoms with Gasteiger partial charge in [-0.3, -0.25) is 14.4 Å². The van der Waals surface area contributed by atoms with Crippen LogP contribution in [0.15, 0.2) is 18.2 Å². The van der Waals surface area contributed by atoms with Gasteiger partial charge >= 0.3 is 18.3 Å². The highest BCUT2D eigenvalue weighted by Gasteiger charge is 2.57. The second-order valence-electron chi connectivity index (χ2n) is 7.06. The molecule has 0 fully saturated rings. The van der Waals surface area contributed by atoms with E-state index in [1.54, 1.807) is 0 Å². The highest BCUT2D eigenvalue weighted by Crippen LogP contribution is 2.42. The van der Waals surface area contributed by atoms with E-state index in [0.29, 0.717) is 0 Å². The molecule has 0 spiro atoms. The molecule has 0 bridgehead atoms. The van der Waals surface area contributed by atoms with Gasteiger partial charge in [-0.05, 0) is 19.1 Å². The van der Waals surface area contributed by atoms with Gasteiger partial charge in [-0.2, -0.15) is 35.1 Å². The van der Waals surface area contributed by atoms with Crippen LogP contribution >= 0.6 is 0 Å². The fourth-order valence-corrected chi connectivity index (χ4v) is 2.72. The third-order valence-corrected chi connectivity index (χ3v) is 4.69. The summed E-state index contributed by atoms with van der Waals surface area (Å²) in [6, 6.07) is 1.35. The van der Waals surface area contributed by atoms with Crippen LogP contribution in [0, 0.1) is 5.92 Å². The summed E-state index contributed by atoms with van der Waals surface area (Å²) in [4.78, 5) is 37.5. The van der Waals surface area contributed by atoms with Crippen LogP contribution in [0.4, 0.5) is 40.8 Å². The number of benzene rings is 1. The highest BCUT2D eigenvalue weighted by molar-refractivity contribution is 6.04. The zero-order valence-electron chi connectivity index (χ0n) is 16.9. The van der Waals surface area contributed by atoms with Crippen molar-refractivity contribution < 1.29 is 54.2 Å². The zero-order chi connectivity index (χ0) is 25.4. The topological polar surface area (TPSA) is 87.7 Å². The third-order valence-electron chi connectivity index (χ3n) is 4.69. The molecule has 0 aromatic heterocycles. The Morgan fingerprint density at radius 1 is 1.12 bits per heavy atom. The minimum atomic E-state index is -5.93. The molecule has 0 aliphatic carbocycles. The number of carbonyl (C=O) groups is 3. The highest BCUT2D eigenvalue weighted by atomic mass is 19.4. The predicted molar refractivity (Wildman–Crippen MR) is 95.5 cm³/mol. The van der Waals surface area contributed by atoms with E-state index in [0.717, 1.165) is 31.0 Å². The number of nitrogens with zero attached hydrogens (tertiary/aromatic N) is 1. The summed E-state index contributed by atoms with van der Waals surface area (Å²) in [5.41, 5.74) is -1.42. The second kappa shape index (κ2) is 9.02. The zero-order valence-corrected chi connectivity index (χ0v) is 16.9. The lowest BCUT2D eigenvalue weighted by atomic mass is 10.1. The molecule has 1 heterocycles. The monoisotopic (exact) mass is 491 g/mol. The van der Waals surface area contributed by atoms with Crippen molar-refractivity contribution in [3.8, 4) is 5.75 Å². The van der Waals surface area contributed by atoms with Crippen LogP contribution in [0.2, 0.25) is 0 Å². The van der Waals surface area contributed by atoms with Crippen molar-refractivity contribution in [1.29, 1.82) is 0 Å². The number of nitrogens with one attached hydrogen (secondary N) is 2. The summed E-state index contributed by atoms with van der Waals surface area (Å²) in [6.07, 6.45) is -10.7. The number of likely N-dealkylation sites (N-methyl/N-ethyl adjacent to an activating group) is 1. The van der Waals surface area contributed by atoms with Gasteiger partial charge in [0.05, 0.1) is 17.8 Å². The van der Waals surface area contributed by atoms with Gasteiger partial charge in [0.25, 0.3) is 5.91 Å². The molecule has 1 unspecified atom stereocenters. The molecule has 2 atom stereocenters. The minimum Gasteiger partial charge on any atom is -0.488 e. The number of para-hydroxylation sites is 1. The van der Waals surface area contributed by atoms with Crippen LogP contribution in [-0.2, 0) is 20.6 Å². The summed E-state index contributed by atoms with van der Waals surface area (Å²) < 4.78 is 107. The Morgan fingerprint density at radius 3 is 2.27 bits per heavy atom. The van der Waals surface area contributed by atoms with E-state index in [1.165, 1.54) is 11.4 Å². The average molecular weight is 491 g/mol. The summed E-state index contributed by atoms with van der Waals surface area (Å²) in [5, 5.41) is 3.33. The number of rotatable bonds is 5. The van der Waals surface area contributed by atoms with Gasteiger partial charge < -0.3 is 20.3 Å². The maximum absolute atomic E-state index is 13.2. The fourth-order valence-electron chi connectivity index (χ4n) is 2.72. The normalized spacial score (nSPS) is 18.1. The number of anilines is 1. The molecular formula is C18H17F8N3O4. The number of hydrogen-bond donors (Lipinski definition) is 2. The average Bonchev–Trinajstić information content (AvgIpc) is 2.82. The molecule has 184 valence electrons. The van der Waals surface area contributed by atoms with Gasteiger partial charge in [0.2, 0.25) is 11.8 Å². The van der Waals surface area contributed by atoms with Gasteiger partial charge in [-0.25, -0.2) is 0 Å². The molecule has 7 nitrogen and oxygen atoms in total. The van der Waals surface area contributed by atoms with E-state index >= 15 is 0 Å². The Kier molecular flexibility index (Phi) is 7.14. The van der Waals surface area contributed by atoms with Crippen LogP contribution < -0.4 is 20.3 Å². The molecule has 2 N–H and O–H groups in total. The Morgan fingerprint density at radius 2 is 1.73 bits per heavy atom. The van der Waals surface area contributed by atoms with Crippen molar-refractivity contribution in [2.45, 2.75) is 31.2 Å². The first-order valence-corrected chi connectivity index (χ1v) is 9.10. The fraction of sp³-hybridized carbons (Fsp3) is 0.500.